The van der Waals surface area contributed by atoms with Gasteiger partial charge in [-0.05, 0) is 82.6 Å². The molecule has 0 amide bonds. The number of hydrogen-bond donors (Lipinski definition) is 1. The van der Waals surface area contributed by atoms with Crippen LogP contribution in [0.25, 0.3) is 21.8 Å². The minimum Gasteiger partial charge on any atom is -0.493 e. The Balaban J connectivity index is 1.24. The number of pyridine rings is 1. The summed E-state index contributed by atoms with van der Waals surface area (Å²) in [6.07, 6.45) is 3.80. The number of esters is 1. The van der Waals surface area contributed by atoms with E-state index in [0.29, 0.717) is 17.7 Å². The van der Waals surface area contributed by atoms with Crippen LogP contribution >= 0.6 is 0 Å². The maximum absolute atomic E-state index is 13.2. The third-order valence-corrected chi connectivity index (χ3v) is 7.51. The number of carbonyl (C=O) groups excluding carboxylic acids is 2. The molecule has 0 unspecified atom stereocenters. The van der Waals surface area contributed by atoms with Crippen LogP contribution in [0.4, 0.5) is 4.39 Å². The molecule has 41 heavy (non-hydrogen) atoms. The number of carbonyl (C=O) groups is 2. The van der Waals surface area contributed by atoms with Crippen molar-refractivity contribution in [2.75, 3.05) is 33.4 Å². The van der Waals surface area contributed by atoms with Gasteiger partial charge < -0.3 is 24.1 Å². The molecule has 1 aliphatic heterocycles. The number of aromatic amines is 1. The molecule has 0 aliphatic carbocycles. The van der Waals surface area contributed by atoms with Crippen LogP contribution in [0, 0.1) is 11.7 Å². The van der Waals surface area contributed by atoms with Crippen LogP contribution in [0.3, 0.4) is 0 Å². The lowest BCUT2D eigenvalue weighted by Crippen LogP contribution is -2.37. The Morgan fingerprint density at radius 2 is 1.83 bits per heavy atom. The molecular weight excluding hydrogens is 525 g/mol. The molecule has 0 saturated carbocycles. The quantitative estimate of drug-likeness (QED) is 0.138. The first kappa shape index (κ1) is 28.7. The number of halogens is 1. The molecule has 1 aliphatic rings. The SMILES string of the molecule is COCc1c(C(=O)OC(C)C)ncc2[nH]c3cccc(OCCCN4CCC(C(=O)c5ccc(F)cc5)CC4)c3c12. The molecule has 0 atom stereocenters. The van der Waals surface area contributed by atoms with Crippen LogP contribution in [-0.4, -0.2) is 66.1 Å². The number of hydrogen-bond acceptors (Lipinski definition) is 7. The number of piperidine rings is 1. The zero-order chi connectivity index (χ0) is 28.9. The molecule has 0 bridgehead atoms. The van der Waals surface area contributed by atoms with Gasteiger partial charge in [0.2, 0.25) is 0 Å². The fraction of sp³-hybridized carbons (Fsp3) is 0.406. The number of methoxy groups -OCH3 is 1. The van der Waals surface area contributed by atoms with Crippen molar-refractivity contribution in [2.24, 2.45) is 5.92 Å². The van der Waals surface area contributed by atoms with E-state index in [9.17, 15) is 14.0 Å². The van der Waals surface area contributed by atoms with Gasteiger partial charge in [0.05, 0.1) is 36.5 Å². The van der Waals surface area contributed by atoms with E-state index in [-0.39, 0.29) is 35.9 Å². The Kier molecular flexibility index (Phi) is 8.95. The Bertz CT molecular complexity index is 1520. The highest BCUT2D eigenvalue weighted by atomic mass is 19.1. The molecule has 216 valence electrons. The normalized spacial score (nSPS) is 14.7. The molecular formula is C32H36FN3O5. The summed E-state index contributed by atoms with van der Waals surface area (Å²) < 4.78 is 30.4. The second-order valence-corrected chi connectivity index (χ2v) is 10.8. The molecule has 1 saturated heterocycles. The van der Waals surface area contributed by atoms with E-state index < -0.39 is 5.97 Å². The van der Waals surface area contributed by atoms with Gasteiger partial charge in [-0.15, -0.1) is 0 Å². The summed E-state index contributed by atoms with van der Waals surface area (Å²) in [5, 5.41) is 1.73. The third-order valence-electron chi connectivity index (χ3n) is 7.51. The minimum atomic E-state index is -0.482. The Morgan fingerprint density at radius 1 is 1.07 bits per heavy atom. The van der Waals surface area contributed by atoms with Gasteiger partial charge in [-0.25, -0.2) is 14.2 Å². The minimum absolute atomic E-state index is 0.0223. The summed E-state index contributed by atoms with van der Waals surface area (Å²) in [6.45, 7) is 6.89. The summed E-state index contributed by atoms with van der Waals surface area (Å²) in [5.74, 6) is -0.00800. The lowest BCUT2D eigenvalue weighted by molar-refractivity contribution is 0.0366. The van der Waals surface area contributed by atoms with Gasteiger partial charge in [-0.1, -0.05) is 6.07 Å². The molecule has 8 nitrogen and oxygen atoms in total. The van der Waals surface area contributed by atoms with Gasteiger partial charge in [0.25, 0.3) is 0 Å². The second-order valence-electron chi connectivity index (χ2n) is 10.8. The van der Waals surface area contributed by atoms with Crippen molar-refractivity contribution in [1.82, 2.24) is 14.9 Å². The molecule has 0 radical (unpaired) electrons. The highest BCUT2D eigenvalue weighted by Gasteiger charge is 2.26. The van der Waals surface area contributed by atoms with E-state index in [0.717, 1.165) is 66.5 Å². The average molecular weight is 562 g/mol. The van der Waals surface area contributed by atoms with Gasteiger partial charge in [0, 0.05) is 41.5 Å². The van der Waals surface area contributed by atoms with Gasteiger partial charge in [-0.3, -0.25) is 4.79 Å². The Morgan fingerprint density at radius 3 is 2.54 bits per heavy atom. The van der Waals surface area contributed by atoms with Crippen LogP contribution in [0.2, 0.25) is 0 Å². The van der Waals surface area contributed by atoms with Crippen LogP contribution in [0.15, 0.2) is 48.7 Å². The predicted octanol–water partition coefficient (Wildman–Crippen LogP) is 5.93. The number of benzene rings is 2. The molecule has 2 aromatic heterocycles. The van der Waals surface area contributed by atoms with Crippen molar-refractivity contribution in [3.8, 4) is 5.75 Å². The lowest BCUT2D eigenvalue weighted by atomic mass is 9.89. The van der Waals surface area contributed by atoms with Gasteiger partial charge in [0.1, 0.15) is 11.6 Å². The average Bonchev–Trinajstić information content (AvgIpc) is 3.35. The number of nitrogens with zero attached hydrogens (tertiary/aromatic N) is 2. The molecule has 9 heteroatoms. The van der Waals surface area contributed by atoms with Crippen molar-refractivity contribution in [2.45, 2.75) is 45.8 Å². The van der Waals surface area contributed by atoms with Crippen molar-refractivity contribution in [1.29, 1.82) is 0 Å². The van der Waals surface area contributed by atoms with E-state index in [1.54, 1.807) is 39.3 Å². The van der Waals surface area contributed by atoms with Gasteiger partial charge in [0.15, 0.2) is 11.5 Å². The standard InChI is InChI=1S/C32H36FN3O5/c1-20(2)41-32(38)30-24(19-39-3)28-26(18-34-30)35-25-6-4-7-27(29(25)28)40-17-5-14-36-15-12-22(13-16-36)31(37)21-8-10-23(33)11-9-21/h4,6-11,18,20,22,35H,5,12-17,19H2,1-3H3. The van der Waals surface area contributed by atoms with Crippen LogP contribution < -0.4 is 4.74 Å². The molecule has 2 aromatic carbocycles. The maximum atomic E-state index is 13.2. The summed E-state index contributed by atoms with van der Waals surface area (Å²) in [4.78, 5) is 35.8. The third kappa shape index (κ3) is 6.41. The number of Topliss-reactive ketones (excluding diaryl/α,β-unsaturated/α-hetero) is 1. The van der Waals surface area contributed by atoms with E-state index in [1.807, 2.05) is 18.2 Å². The first-order chi connectivity index (χ1) is 19.9. The van der Waals surface area contributed by atoms with Crippen molar-refractivity contribution < 1.29 is 28.2 Å². The number of aromatic nitrogens is 2. The number of nitrogens with one attached hydrogen (secondary N) is 1. The van der Waals surface area contributed by atoms with Crippen molar-refractivity contribution >= 4 is 33.6 Å². The monoisotopic (exact) mass is 561 g/mol. The van der Waals surface area contributed by atoms with E-state index in [4.69, 9.17) is 14.2 Å². The van der Waals surface area contributed by atoms with Crippen LogP contribution in [-0.2, 0) is 16.1 Å². The summed E-state index contributed by atoms with van der Waals surface area (Å²) in [5.41, 5.74) is 3.17. The second kappa shape index (κ2) is 12.8. The molecule has 4 aromatic rings. The molecule has 3 heterocycles. The largest absolute Gasteiger partial charge is 0.493 e. The number of fused-ring (bicyclic) bond motifs is 3. The number of ether oxygens (including phenoxy) is 3. The number of rotatable bonds is 11. The molecule has 5 rings (SSSR count). The Hall–Kier alpha value is -3.82. The van der Waals surface area contributed by atoms with Gasteiger partial charge in [-0.2, -0.15) is 0 Å². The first-order valence-electron chi connectivity index (χ1n) is 14.1. The number of H-pyrrole nitrogens is 1. The lowest BCUT2D eigenvalue weighted by Gasteiger charge is -2.31. The molecule has 1 fully saturated rings. The topological polar surface area (TPSA) is 93.8 Å². The summed E-state index contributed by atoms with van der Waals surface area (Å²) >= 11 is 0. The van der Waals surface area contributed by atoms with Crippen LogP contribution in [0.5, 0.6) is 5.75 Å². The predicted molar refractivity (Wildman–Crippen MR) is 155 cm³/mol. The zero-order valence-electron chi connectivity index (χ0n) is 23.7. The zero-order valence-corrected chi connectivity index (χ0v) is 23.7. The Labute approximate surface area is 238 Å². The van der Waals surface area contributed by atoms with Gasteiger partial charge >= 0.3 is 5.97 Å². The number of likely N-dealkylation sites (tertiary alicyclic amines) is 1. The van der Waals surface area contributed by atoms with E-state index in [2.05, 4.69) is 14.9 Å². The fourth-order valence-corrected chi connectivity index (χ4v) is 5.56. The van der Waals surface area contributed by atoms with E-state index >= 15 is 0 Å². The maximum Gasteiger partial charge on any atom is 0.357 e. The highest BCUT2D eigenvalue weighted by molar-refractivity contribution is 6.13. The molecule has 0 spiro atoms. The fourth-order valence-electron chi connectivity index (χ4n) is 5.56. The molecule has 1 N–H and O–H groups in total. The highest BCUT2D eigenvalue weighted by Crippen LogP contribution is 2.36. The smallest absolute Gasteiger partial charge is 0.357 e. The van der Waals surface area contributed by atoms with E-state index in [1.165, 1.54) is 12.1 Å². The number of ketones is 1. The van der Waals surface area contributed by atoms with Crippen molar-refractivity contribution in [3.63, 3.8) is 0 Å². The summed E-state index contributed by atoms with van der Waals surface area (Å²) in [6, 6.07) is 11.7. The summed E-state index contributed by atoms with van der Waals surface area (Å²) in [7, 11) is 1.59. The first-order valence-corrected chi connectivity index (χ1v) is 14.1. The van der Waals surface area contributed by atoms with Crippen molar-refractivity contribution in [3.05, 3.63) is 71.3 Å². The van der Waals surface area contributed by atoms with Crippen LogP contribution in [0.1, 0.15) is 59.5 Å².